The van der Waals surface area contributed by atoms with Crippen LogP contribution in [0.1, 0.15) is 23.7 Å². The number of nitrogens with zero attached hydrogens (tertiary/aromatic N) is 2. The Kier molecular flexibility index (Phi) is 4.74. The number of rotatable bonds is 4. The lowest BCUT2D eigenvalue weighted by Crippen LogP contribution is -2.53. The molecule has 7 nitrogen and oxygen atoms in total. The number of anilines is 1. The van der Waals surface area contributed by atoms with Crippen LogP contribution >= 0.6 is 11.6 Å². The highest BCUT2D eigenvalue weighted by Gasteiger charge is 2.27. The molecular weight excluding hydrogens is 296 g/mol. The van der Waals surface area contributed by atoms with Gasteiger partial charge in [0.15, 0.2) is 0 Å². The van der Waals surface area contributed by atoms with Crippen LogP contribution in [-0.4, -0.2) is 47.2 Å². The van der Waals surface area contributed by atoms with Crippen LogP contribution in [0.3, 0.4) is 0 Å². The molecule has 0 spiro atoms. The third kappa shape index (κ3) is 3.91. The van der Waals surface area contributed by atoms with E-state index in [2.05, 4.69) is 15.6 Å². The maximum absolute atomic E-state index is 12.3. The van der Waals surface area contributed by atoms with E-state index in [0.717, 1.165) is 6.42 Å². The van der Waals surface area contributed by atoms with Crippen LogP contribution in [0, 0.1) is 0 Å². The zero-order valence-electron chi connectivity index (χ0n) is 11.5. The molecule has 1 aliphatic heterocycles. The van der Waals surface area contributed by atoms with Gasteiger partial charge in [-0.15, -0.1) is 0 Å². The summed E-state index contributed by atoms with van der Waals surface area (Å²) >= 11 is 5.90. The Hall–Kier alpha value is -2.15. The van der Waals surface area contributed by atoms with Gasteiger partial charge in [-0.3, -0.25) is 19.7 Å². The fourth-order valence-corrected chi connectivity index (χ4v) is 2.14. The zero-order valence-corrected chi connectivity index (χ0v) is 12.2. The average molecular weight is 311 g/mol. The molecule has 0 bridgehead atoms. The van der Waals surface area contributed by atoms with Gasteiger partial charge in [-0.1, -0.05) is 18.5 Å². The number of carbonyl (C=O) groups excluding carboxylic acids is 3. The summed E-state index contributed by atoms with van der Waals surface area (Å²) in [5.74, 6) is -0.935. The van der Waals surface area contributed by atoms with Gasteiger partial charge in [0.1, 0.15) is 24.1 Å². The Bertz CT molecular complexity index is 575. The van der Waals surface area contributed by atoms with Crippen molar-refractivity contribution in [3.63, 3.8) is 0 Å². The van der Waals surface area contributed by atoms with E-state index in [1.807, 2.05) is 6.92 Å². The lowest BCUT2D eigenvalue weighted by atomic mass is 10.2. The maximum atomic E-state index is 12.3. The summed E-state index contributed by atoms with van der Waals surface area (Å²) in [5, 5.41) is 5.36. The fraction of sp³-hybridized carbons (Fsp3) is 0.385. The number of aromatic nitrogens is 1. The van der Waals surface area contributed by atoms with Crippen LogP contribution in [-0.2, 0) is 9.59 Å². The quantitative estimate of drug-likeness (QED) is 0.629. The predicted molar refractivity (Wildman–Crippen MR) is 77.1 cm³/mol. The highest BCUT2D eigenvalue weighted by atomic mass is 35.5. The first-order valence-electron chi connectivity index (χ1n) is 6.53. The van der Waals surface area contributed by atoms with Crippen molar-refractivity contribution in [3.8, 4) is 0 Å². The summed E-state index contributed by atoms with van der Waals surface area (Å²) < 4.78 is 0. The van der Waals surface area contributed by atoms with Crippen molar-refractivity contribution < 1.29 is 14.4 Å². The van der Waals surface area contributed by atoms with Crippen LogP contribution in [0.2, 0.25) is 5.15 Å². The van der Waals surface area contributed by atoms with Crippen LogP contribution in [0.5, 0.6) is 0 Å². The molecule has 0 aliphatic carbocycles. The summed E-state index contributed by atoms with van der Waals surface area (Å²) in [6.45, 7) is 2.40. The summed E-state index contributed by atoms with van der Waals surface area (Å²) in [7, 11) is 0. The van der Waals surface area contributed by atoms with E-state index in [1.54, 1.807) is 6.07 Å². The first kappa shape index (κ1) is 15.2. The largest absolute Gasteiger partial charge is 0.370 e. The minimum absolute atomic E-state index is 0.151. The van der Waals surface area contributed by atoms with Crippen LogP contribution in [0.4, 0.5) is 5.82 Å². The molecular formula is C13H15ClN4O3. The van der Waals surface area contributed by atoms with Crippen molar-refractivity contribution in [2.45, 2.75) is 13.3 Å². The molecule has 0 radical (unpaired) electrons. The molecule has 1 aliphatic rings. The number of piperazine rings is 1. The Morgan fingerprint density at radius 3 is 2.67 bits per heavy atom. The first-order valence-corrected chi connectivity index (χ1v) is 6.91. The molecule has 2 heterocycles. The van der Waals surface area contributed by atoms with E-state index in [4.69, 9.17) is 11.6 Å². The first-order chi connectivity index (χ1) is 9.99. The smallest absolute Gasteiger partial charge is 0.255 e. The topological polar surface area (TPSA) is 91.4 Å². The van der Waals surface area contributed by atoms with Gasteiger partial charge >= 0.3 is 0 Å². The van der Waals surface area contributed by atoms with Gasteiger partial charge in [-0.05, 0) is 18.6 Å². The molecule has 1 fully saturated rings. The Morgan fingerprint density at radius 1 is 1.38 bits per heavy atom. The Balaban J connectivity index is 2.20. The van der Waals surface area contributed by atoms with E-state index in [9.17, 15) is 14.4 Å². The lowest BCUT2D eigenvalue weighted by molar-refractivity contribution is -0.135. The van der Waals surface area contributed by atoms with Gasteiger partial charge in [0.2, 0.25) is 11.8 Å². The summed E-state index contributed by atoms with van der Waals surface area (Å²) in [4.78, 5) is 40.2. The van der Waals surface area contributed by atoms with Crippen molar-refractivity contribution in [1.82, 2.24) is 15.2 Å². The molecule has 8 heteroatoms. The molecule has 1 aromatic rings. The van der Waals surface area contributed by atoms with Crippen LogP contribution in [0.15, 0.2) is 12.1 Å². The summed E-state index contributed by atoms with van der Waals surface area (Å²) in [6.07, 6.45) is 0.901. The number of halogens is 1. The van der Waals surface area contributed by atoms with E-state index in [0.29, 0.717) is 12.4 Å². The SMILES string of the molecule is CCCNc1cc(C(=O)N2CC(=O)NC(=O)C2)cc(Cl)n1. The van der Waals surface area contributed by atoms with Gasteiger partial charge in [-0.25, -0.2) is 4.98 Å². The molecule has 112 valence electrons. The van der Waals surface area contributed by atoms with Crippen LogP contribution in [0.25, 0.3) is 0 Å². The van der Waals surface area contributed by atoms with Crippen molar-refractivity contribution in [3.05, 3.63) is 22.8 Å². The highest BCUT2D eigenvalue weighted by molar-refractivity contribution is 6.30. The number of carbonyl (C=O) groups is 3. The van der Waals surface area contributed by atoms with E-state index >= 15 is 0 Å². The normalized spacial score (nSPS) is 14.9. The number of imide groups is 1. The van der Waals surface area contributed by atoms with Crippen molar-refractivity contribution in [2.24, 2.45) is 0 Å². The minimum Gasteiger partial charge on any atom is -0.370 e. The molecule has 21 heavy (non-hydrogen) atoms. The van der Waals surface area contributed by atoms with E-state index in [1.165, 1.54) is 11.0 Å². The van der Waals surface area contributed by atoms with E-state index < -0.39 is 17.7 Å². The molecule has 2 rings (SSSR count). The molecule has 2 N–H and O–H groups in total. The van der Waals surface area contributed by atoms with Gasteiger partial charge in [-0.2, -0.15) is 0 Å². The monoisotopic (exact) mass is 310 g/mol. The Labute approximate surface area is 126 Å². The average Bonchev–Trinajstić information content (AvgIpc) is 2.42. The zero-order chi connectivity index (χ0) is 15.4. The van der Waals surface area contributed by atoms with Crippen molar-refractivity contribution in [1.29, 1.82) is 0 Å². The number of hydrogen-bond acceptors (Lipinski definition) is 5. The van der Waals surface area contributed by atoms with E-state index in [-0.39, 0.29) is 23.8 Å². The number of amides is 3. The summed E-state index contributed by atoms with van der Waals surface area (Å²) in [6, 6.07) is 2.97. The molecule has 0 aromatic carbocycles. The molecule has 1 saturated heterocycles. The molecule has 0 atom stereocenters. The fourth-order valence-electron chi connectivity index (χ4n) is 1.93. The lowest BCUT2D eigenvalue weighted by Gasteiger charge is -2.25. The van der Waals surface area contributed by atoms with Crippen molar-refractivity contribution >= 4 is 35.1 Å². The number of nitrogens with one attached hydrogen (secondary N) is 2. The number of hydrogen-bond donors (Lipinski definition) is 2. The minimum atomic E-state index is -0.496. The molecule has 3 amide bonds. The van der Waals surface area contributed by atoms with Crippen LogP contribution < -0.4 is 10.6 Å². The highest BCUT2D eigenvalue weighted by Crippen LogP contribution is 2.17. The standard InChI is InChI=1S/C13H15ClN4O3/c1-2-3-15-10-5-8(4-9(14)16-10)13(21)18-6-11(19)17-12(20)7-18/h4-5H,2-3,6-7H2,1H3,(H,15,16)(H,17,19,20). The molecule has 0 saturated carbocycles. The Morgan fingerprint density at radius 2 is 2.05 bits per heavy atom. The van der Waals surface area contributed by atoms with Crippen molar-refractivity contribution in [2.75, 3.05) is 25.0 Å². The third-order valence-corrected chi connectivity index (χ3v) is 3.03. The second-order valence-electron chi connectivity index (χ2n) is 4.62. The second kappa shape index (κ2) is 6.53. The maximum Gasteiger partial charge on any atom is 0.255 e. The second-order valence-corrected chi connectivity index (χ2v) is 5.01. The van der Waals surface area contributed by atoms with Gasteiger partial charge in [0.25, 0.3) is 5.91 Å². The molecule has 0 unspecified atom stereocenters. The summed E-state index contributed by atoms with van der Waals surface area (Å²) in [5.41, 5.74) is 0.288. The third-order valence-electron chi connectivity index (χ3n) is 2.83. The van der Waals surface area contributed by atoms with Gasteiger partial charge < -0.3 is 10.2 Å². The van der Waals surface area contributed by atoms with Gasteiger partial charge in [0, 0.05) is 12.1 Å². The molecule has 1 aromatic heterocycles. The number of pyridine rings is 1. The predicted octanol–water partition coefficient (Wildman–Crippen LogP) is 0.655. The van der Waals surface area contributed by atoms with Gasteiger partial charge in [0.05, 0.1) is 0 Å².